The number of nitrogens with zero attached hydrogens (tertiary/aromatic N) is 1. The van der Waals surface area contributed by atoms with Crippen molar-refractivity contribution in [3.05, 3.63) is 52.0 Å². The van der Waals surface area contributed by atoms with E-state index in [1.54, 1.807) is 43.1 Å². The van der Waals surface area contributed by atoms with E-state index in [0.717, 1.165) is 0 Å². The van der Waals surface area contributed by atoms with Crippen LogP contribution in [0.3, 0.4) is 0 Å². The van der Waals surface area contributed by atoms with Gasteiger partial charge >= 0.3 is 6.61 Å². The lowest BCUT2D eigenvalue weighted by atomic mass is 10.1. The molecule has 1 amide bonds. The van der Waals surface area contributed by atoms with Crippen LogP contribution in [-0.2, 0) is 11.3 Å². The van der Waals surface area contributed by atoms with Crippen LogP contribution in [0.4, 0.5) is 14.5 Å². The number of hydrogen-bond acceptors (Lipinski definition) is 4. The Morgan fingerprint density at radius 2 is 1.93 bits per heavy atom. The van der Waals surface area contributed by atoms with E-state index >= 15 is 0 Å². The molecular weight excluding hydrogens is 413 g/mol. The maximum Gasteiger partial charge on any atom is 0.387 e. The molecule has 1 atom stereocenters. The van der Waals surface area contributed by atoms with Crippen LogP contribution in [-0.4, -0.2) is 37.6 Å². The van der Waals surface area contributed by atoms with E-state index in [-0.39, 0.29) is 22.4 Å². The highest BCUT2D eigenvalue weighted by Crippen LogP contribution is 2.31. The van der Waals surface area contributed by atoms with Gasteiger partial charge in [-0.25, -0.2) is 0 Å². The van der Waals surface area contributed by atoms with Gasteiger partial charge in [0, 0.05) is 6.54 Å². The summed E-state index contributed by atoms with van der Waals surface area (Å²) in [5.74, 6) is -0.150. The number of methoxy groups -OCH3 is 1. The van der Waals surface area contributed by atoms with Gasteiger partial charge in [-0.05, 0) is 43.8 Å². The molecule has 0 bridgehead atoms. The number of ether oxygens (including phenoxy) is 2. The standard InChI is InChI=1S/C19H20Cl2F2N2O3/c1-11(18(26)24-14-6-4-5-13(20)17(14)21)25(2)10-12-7-8-15(27-3)16(9-12)28-19(22)23/h4-9,11,19H,10H2,1-3H3,(H,24,26). The fourth-order valence-corrected chi connectivity index (χ4v) is 2.82. The van der Waals surface area contributed by atoms with Crippen LogP contribution in [0.25, 0.3) is 0 Å². The highest BCUT2D eigenvalue weighted by atomic mass is 35.5. The zero-order valence-electron chi connectivity index (χ0n) is 15.5. The lowest BCUT2D eigenvalue weighted by Crippen LogP contribution is -2.39. The Morgan fingerprint density at radius 3 is 2.57 bits per heavy atom. The summed E-state index contributed by atoms with van der Waals surface area (Å²) in [5, 5.41) is 3.33. The number of amides is 1. The first-order valence-corrected chi connectivity index (χ1v) is 9.05. The van der Waals surface area contributed by atoms with Crippen LogP contribution in [0, 0.1) is 0 Å². The molecule has 0 aliphatic heterocycles. The molecule has 2 rings (SSSR count). The molecule has 28 heavy (non-hydrogen) atoms. The van der Waals surface area contributed by atoms with E-state index in [4.69, 9.17) is 27.9 Å². The number of alkyl halides is 2. The quantitative estimate of drug-likeness (QED) is 0.632. The fraction of sp³-hybridized carbons (Fsp3) is 0.316. The molecule has 0 fully saturated rings. The molecule has 0 heterocycles. The predicted octanol–water partition coefficient (Wildman–Crippen LogP) is 5.06. The average molecular weight is 433 g/mol. The second-order valence-corrected chi connectivity index (χ2v) is 6.83. The Morgan fingerprint density at radius 1 is 1.21 bits per heavy atom. The average Bonchev–Trinajstić information content (AvgIpc) is 2.64. The Bertz CT molecular complexity index is 837. The molecule has 0 aliphatic carbocycles. The van der Waals surface area contributed by atoms with Crippen molar-refractivity contribution in [3.8, 4) is 11.5 Å². The van der Waals surface area contributed by atoms with Gasteiger partial charge in [0.15, 0.2) is 11.5 Å². The van der Waals surface area contributed by atoms with Crippen molar-refractivity contribution in [2.45, 2.75) is 26.1 Å². The molecule has 5 nitrogen and oxygen atoms in total. The molecule has 0 radical (unpaired) electrons. The number of anilines is 1. The highest BCUT2D eigenvalue weighted by molar-refractivity contribution is 6.44. The Hall–Kier alpha value is -2.09. The summed E-state index contributed by atoms with van der Waals surface area (Å²) in [6, 6.07) is 9.13. The van der Waals surface area contributed by atoms with E-state index < -0.39 is 12.7 Å². The van der Waals surface area contributed by atoms with Gasteiger partial charge < -0.3 is 14.8 Å². The third-order valence-electron chi connectivity index (χ3n) is 4.13. The summed E-state index contributed by atoms with van der Waals surface area (Å²) in [7, 11) is 3.11. The van der Waals surface area contributed by atoms with Gasteiger partial charge in [-0.15, -0.1) is 0 Å². The Labute approximate surface area is 172 Å². The van der Waals surface area contributed by atoms with Crippen LogP contribution >= 0.6 is 23.2 Å². The number of nitrogens with one attached hydrogen (secondary N) is 1. The predicted molar refractivity (Wildman–Crippen MR) is 106 cm³/mol. The van der Waals surface area contributed by atoms with Crippen molar-refractivity contribution >= 4 is 34.8 Å². The van der Waals surface area contributed by atoms with Crippen molar-refractivity contribution in [1.29, 1.82) is 0 Å². The molecule has 0 saturated heterocycles. The zero-order chi connectivity index (χ0) is 20.8. The van der Waals surface area contributed by atoms with E-state index in [1.807, 2.05) is 0 Å². The van der Waals surface area contributed by atoms with Gasteiger partial charge in [-0.3, -0.25) is 9.69 Å². The number of rotatable bonds is 8. The van der Waals surface area contributed by atoms with Gasteiger partial charge in [0.2, 0.25) is 5.91 Å². The monoisotopic (exact) mass is 432 g/mol. The van der Waals surface area contributed by atoms with Crippen molar-refractivity contribution in [1.82, 2.24) is 4.90 Å². The van der Waals surface area contributed by atoms with E-state index in [9.17, 15) is 13.6 Å². The topological polar surface area (TPSA) is 50.8 Å². The van der Waals surface area contributed by atoms with Crippen LogP contribution in [0.2, 0.25) is 10.0 Å². The highest BCUT2D eigenvalue weighted by Gasteiger charge is 2.20. The van der Waals surface area contributed by atoms with Gasteiger partial charge in [-0.2, -0.15) is 8.78 Å². The lowest BCUT2D eigenvalue weighted by molar-refractivity contribution is -0.120. The zero-order valence-corrected chi connectivity index (χ0v) is 17.0. The molecule has 1 unspecified atom stereocenters. The molecule has 0 aromatic heterocycles. The van der Waals surface area contributed by atoms with E-state index in [2.05, 4.69) is 10.1 Å². The molecular formula is C19H20Cl2F2N2O3. The van der Waals surface area contributed by atoms with Crippen LogP contribution in [0.1, 0.15) is 12.5 Å². The Kier molecular flexibility index (Phi) is 7.86. The second kappa shape index (κ2) is 9.91. The van der Waals surface area contributed by atoms with E-state index in [0.29, 0.717) is 22.8 Å². The smallest absolute Gasteiger partial charge is 0.387 e. The number of halogens is 4. The first kappa shape index (κ1) is 22.2. The van der Waals surface area contributed by atoms with Crippen molar-refractivity contribution < 1.29 is 23.0 Å². The number of hydrogen-bond donors (Lipinski definition) is 1. The minimum absolute atomic E-state index is 0.0637. The number of likely N-dealkylation sites (N-methyl/N-ethyl adjacent to an activating group) is 1. The maximum absolute atomic E-state index is 12.6. The lowest BCUT2D eigenvalue weighted by Gasteiger charge is -2.24. The summed E-state index contributed by atoms with van der Waals surface area (Å²) in [6.45, 7) is -0.927. The van der Waals surface area contributed by atoms with Gasteiger partial charge in [0.05, 0.1) is 28.9 Å². The van der Waals surface area contributed by atoms with Gasteiger partial charge in [0.1, 0.15) is 0 Å². The number of benzene rings is 2. The van der Waals surface area contributed by atoms with Crippen LogP contribution < -0.4 is 14.8 Å². The van der Waals surface area contributed by atoms with Crippen molar-refractivity contribution in [2.75, 3.05) is 19.5 Å². The first-order valence-electron chi connectivity index (χ1n) is 8.29. The largest absolute Gasteiger partial charge is 0.493 e. The summed E-state index contributed by atoms with van der Waals surface area (Å²) in [4.78, 5) is 14.3. The number of carbonyl (C=O) groups is 1. The first-order chi connectivity index (χ1) is 13.2. The molecule has 0 aliphatic rings. The van der Waals surface area contributed by atoms with Crippen molar-refractivity contribution in [3.63, 3.8) is 0 Å². The van der Waals surface area contributed by atoms with Gasteiger partial charge in [-0.1, -0.05) is 35.3 Å². The molecule has 0 saturated carbocycles. The maximum atomic E-state index is 12.6. The summed E-state index contributed by atoms with van der Waals surface area (Å²) in [5.41, 5.74) is 1.09. The van der Waals surface area contributed by atoms with Crippen molar-refractivity contribution in [2.24, 2.45) is 0 Å². The molecule has 9 heteroatoms. The summed E-state index contributed by atoms with van der Waals surface area (Å²) >= 11 is 12.0. The third kappa shape index (κ3) is 5.70. The van der Waals surface area contributed by atoms with Crippen LogP contribution in [0.15, 0.2) is 36.4 Å². The molecule has 152 valence electrons. The molecule has 0 spiro atoms. The summed E-state index contributed by atoms with van der Waals surface area (Å²) < 4.78 is 34.6. The molecule has 2 aromatic carbocycles. The molecule has 1 N–H and O–H groups in total. The number of carbonyl (C=O) groups excluding carboxylic acids is 1. The second-order valence-electron chi connectivity index (χ2n) is 6.05. The summed E-state index contributed by atoms with van der Waals surface area (Å²) in [6.07, 6.45) is 0. The van der Waals surface area contributed by atoms with Gasteiger partial charge in [0.25, 0.3) is 0 Å². The fourth-order valence-electron chi connectivity index (χ4n) is 2.47. The Balaban J connectivity index is 2.07. The molecule has 2 aromatic rings. The third-order valence-corrected chi connectivity index (χ3v) is 4.95. The SMILES string of the molecule is COc1ccc(CN(C)C(C)C(=O)Nc2cccc(Cl)c2Cl)cc1OC(F)F. The normalized spacial score (nSPS) is 12.2. The van der Waals surface area contributed by atoms with Crippen LogP contribution in [0.5, 0.6) is 11.5 Å². The van der Waals surface area contributed by atoms with E-state index in [1.165, 1.54) is 19.2 Å². The minimum Gasteiger partial charge on any atom is -0.493 e. The minimum atomic E-state index is -2.96.